The molecular weight excluding hydrogens is 343 g/mol. The molecular formula is C19H18F3N3O. The van der Waals surface area contributed by atoms with Gasteiger partial charge in [0.1, 0.15) is 5.65 Å². The van der Waals surface area contributed by atoms with Gasteiger partial charge in [-0.1, -0.05) is 18.2 Å². The SMILES string of the molecule is Cc1ccc2nc(CNC(C)c3cccc(C(F)(F)F)c3)cc(=O)n2c1. The molecule has 0 fully saturated rings. The molecule has 0 aliphatic carbocycles. The zero-order valence-electron chi connectivity index (χ0n) is 14.3. The Morgan fingerprint density at radius 1 is 1.19 bits per heavy atom. The van der Waals surface area contributed by atoms with E-state index in [1.165, 1.54) is 16.5 Å². The first kappa shape index (κ1) is 18.1. The highest BCUT2D eigenvalue weighted by Gasteiger charge is 2.30. The van der Waals surface area contributed by atoms with E-state index in [1.807, 2.05) is 13.0 Å². The van der Waals surface area contributed by atoms with Crippen LogP contribution in [0, 0.1) is 6.92 Å². The lowest BCUT2D eigenvalue weighted by Gasteiger charge is -2.16. The average molecular weight is 361 g/mol. The smallest absolute Gasteiger partial charge is 0.305 e. The number of benzene rings is 1. The number of aryl methyl sites for hydroxylation is 1. The quantitative estimate of drug-likeness (QED) is 0.767. The van der Waals surface area contributed by atoms with Crippen molar-refractivity contribution in [2.75, 3.05) is 0 Å². The second-order valence-corrected chi connectivity index (χ2v) is 6.25. The zero-order valence-corrected chi connectivity index (χ0v) is 14.3. The van der Waals surface area contributed by atoms with Crippen molar-refractivity contribution >= 4 is 5.65 Å². The molecule has 2 aromatic heterocycles. The first-order valence-corrected chi connectivity index (χ1v) is 8.13. The maximum absolute atomic E-state index is 12.8. The Kier molecular flexibility index (Phi) is 4.82. The third kappa shape index (κ3) is 3.94. The summed E-state index contributed by atoms with van der Waals surface area (Å²) in [5, 5.41) is 3.12. The summed E-state index contributed by atoms with van der Waals surface area (Å²) in [4.78, 5) is 16.6. The molecule has 0 spiro atoms. The van der Waals surface area contributed by atoms with E-state index in [9.17, 15) is 18.0 Å². The number of pyridine rings is 1. The van der Waals surface area contributed by atoms with E-state index in [2.05, 4.69) is 10.3 Å². The number of nitrogens with zero attached hydrogens (tertiary/aromatic N) is 2. The summed E-state index contributed by atoms with van der Waals surface area (Å²) in [5.41, 5.74) is 1.67. The number of halogens is 3. The normalized spacial score (nSPS) is 13.1. The maximum atomic E-state index is 12.8. The molecule has 0 saturated carbocycles. The Morgan fingerprint density at radius 3 is 2.69 bits per heavy atom. The van der Waals surface area contributed by atoms with E-state index in [1.54, 1.807) is 25.3 Å². The number of nitrogens with one attached hydrogen (secondary N) is 1. The minimum absolute atomic E-state index is 0.192. The topological polar surface area (TPSA) is 46.4 Å². The predicted octanol–water partition coefficient (Wildman–Crippen LogP) is 3.87. The molecule has 1 atom stereocenters. The standard InChI is InChI=1S/C19H18F3N3O/c1-12-6-7-17-24-16(9-18(26)25(17)11-12)10-23-13(2)14-4-3-5-15(8-14)19(20,21)22/h3-9,11,13,23H,10H2,1-2H3. The van der Waals surface area contributed by atoms with Crippen molar-refractivity contribution in [3.8, 4) is 0 Å². The van der Waals surface area contributed by atoms with E-state index < -0.39 is 11.7 Å². The van der Waals surface area contributed by atoms with Gasteiger partial charge in [-0.15, -0.1) is 0 Å². The van der Waals surface area contributed by atoms with Gasteiger partial charge in [0.05, 0.1) is 11.3 Å². The van der Waals surface area contributed by atoms with Crippen molar-refractivity contribution in [1.29, 1.82) is 0 Å². The van der Waals surface area contributed by atoms with Crippen LogP contribution >= 0.6 is 0 Å². The summed E-state index contributed by atoms with van der Waals surface area (Å²) in [5.74, 6) is 0. The Balaban J connectivity index is 1.78. The van der Waals surface area contributed by atoms with Crippen molar-refractivity contribution in [1.82, 2.24) is 14.7 Å². The zero-order chi connectivity index (χ0) is 18.9. The molecule has 0 amide bonds. The largest absolute Gasteiger partial charge is 0.416 e. The van der Waals surface area contributed by atoms with E-state index in [0.717, 1.165) is 17.7 Å². The monoisotopic (exact) mass is 361 g/mol. The van der Waals surface area contributed by atoms with Gasteiger partial charge in [-0.25, -0.2) is 4.98 Å². The second kappa shape index (κ2) is 6.92. The fourth-order valence-electron chi connectivity index (χ4n) is 2.71. The Bertz CT molecular complexity index is 995. The van der Waals surface area contributed by atoms with Crippen LogP contribution in [0.2, 0.25) is 0 Å². The van der Waals surface area contributed by atoms with Crippen LogP contribution in [0.15, 0.2) is 53.5 Å². The summed E-state index contributed by atoms with van der Waals surface area (Å²) in [7, 11) is 0. The summed E-state index contributed by atoms with van der Waals surface area (Å²) in [6, 6.07) is 9.93. The molecule has 1 aromatic carbocycles. The van der Waals surface area contributed by atoms with Crippen molar-refractivity contribution in [3.63, 3.8) is 0 Å². The molecule has 0 radical (unpaired) electrons. The Labute approximate surface area is 148 Å². The van der Waals surface area contributed by atoms with Crippen LogP contribution in [-0.2, 0) is 12.7 Å². The third-order valence-electron chi connectivity index (χ3n) is 4.16. The molecule has 26 heavy (non-hydrogen) atoms. The Morgan fingerprint density at radius 2 is 1.96 bits per heavy atom. The molecule has 0 aliphatic rings. The van der Waals surface area contributed by atoms with E-state index in [4.69, 9.17) is 0 Å². The second-order valence-electron chi connectivity index (χ2n) is 6.25. The minimum atomic E-state index is -4.37. The number of aromatic nitrogens is 2. The van der Waals surface area contributed by atoms with E-state index in [0.29, 0.717) is 16.9 Å². The molecule has 136 valence electrons. The molecule has 4 nitrogen and oxygen atoms in total. The lowest BCUT2D eigenvalue weighted by Crippen LogP contribution is -2.22. The van der Waals surface area contributed by atoms with Crippen LogP contribution in [0.25, 0.3) is 5.65 Å². The van der Waals surface area contributed by atoms with Gasteiger partial charge in [-0.2, -0.15) is 13.2 Å². The van der Waals surface area contributed by atoms with Gasteiger partial charge in [0.2, 0.25) is 0 Å². The third-order valence-corrected chi connectivity index (χ3v) is 4.16. The van der Waals surface area contributed by atoms with Gasteiger partial charge in [0.25, 0.3) is 5.56 Å². The number of fused-ring (bicyclic) bond motifs is 1. The highest BCUT2D eigenvalue weighted by molar-refractivity contribution is 5.40. The van der Waals surface area contributed by atoms with Crippen molar-refractivity contribution in [2.24, 2.45) is 0 Å². The van der Waals surface area contributed by atoms with Crippen LogP contribution in [0.5, 0.6) is 0 Å². The Hall–Kier alpha value is -2.67. The summed E-state index contributed by atoms with van der Waals surface area (Å²) >= 11 is 0. The van der Waals surface area contributed by atoms with Crippen LogP contribution < -0.4 is 10.9 Å². The van der Waals surface area contributed by atoms with E-state index >= 15 is 0 Å². The first-order valence-electron chi connectivity index (χ1n) is 8.13. The van der Waals surface area contributed by atoms with Gasteiger partial charge in [0, 0.05) is 24.8 Å². The molecule has 1 N–H and O–H groups in total. The average Bonchev–Trinajstić information content (AvgIpc) is 2.59. The molecule has 3 rings (SSSR count). The van der Waals surface area contributed by atoms with Crippen LogP contribution in [0.4, 0.5) is 13.2 Å². The summed E-state index contributed by atoms with van der Waals surface area (Å²) < 4.78 is 40.0. The van der Waals surface area contributed by atoms with Crippen LogP contribution in [0.1, 0.15) is 35.3 Å². The molecule has 0 bridgehead atoms. The number of hydrogen-bond donors (Lipinski definition) is 1. The first-order chi connectivity index (χ1) is 12.2. The minimum Gasteiger partial charge on any atom is -0.305 e. The molecule has 0 aliphatic heterocycles. The molecule has 1 unspecified atom stereocenters. The number of alkyl halides is 3. The lowest BCUT2D eigenvalue weighted by atomic mass is 10.0. The highest BCUT2D eigenvalue weighted by Crippen LogP contribution is 2.30. The van der Waals surface area contributed by atoms with Gasteiger partial charge in [0.15, 0.2) is 0 Å². The molecule has 3 aromatic rings. The summed E-state index contributed by atoms with van der Waals surface area (Å²) in [6.45, 7) is 3.93. The molecule has 2 heterocycles. The van der Waals surface area contributed by atoms with Crippen molar-refractivity contribution in [2.45, 2.75) is 32.6 Å². The van der Waals surface area contributed by atoms with Crippen LogP contribution in [0.3, 0.4) is 0 Å². The number of hydrogen-bond acceptors (Lipinski definition) is 3. The lowest BCUT2D eigenvalue weighted by molar-refractivity contribution is -0.137. The van der Waals surface area contributed by atoms with Crippen molar-refractivity contribution < 1.29 is 13.2 Å². The fraction of sp³-hybridized carbons (Fsp3) is 0.263. The van der Waals surface area contributed by atoms with Crippen molar-refractivity contribution in [3.05, 3.63) is 81.4 Å². The highest BCUT2D eigenvalue weighted by atomic mass is 19.4. The van der Waals surface area contributed by atoms with Crippen LogP contribution in [-0.4, -0.2) is 9.38 Å². The summed E-state index contributed by atoms with van der Waals surface area (Å²) in [6.07, 6.45) is -2.66. The van der Waals surface area contributed by atoms with E-state index in [-0.39, 0.29) is 18.1 Å². The number of rotatable bonds is 4. The van der Waals surface area contributed by atoms with Gasteiger partial charge >= 0.3 is 6.18 Å². The molecule has 0 saturated heterocycles. The predicted molar refractivity (Wildman–Crippen MR) is 92.9 cm³/mol. The van der Waals surface area contributed by atoms with Gasteiger partial charge in [-0.05, 0) is 43.2 Å². The maximum Gasteiger partial charge on any atom is 0.416 e. The van der Waals surface area contributed by atoms with Gasteiger partial charge in [-0.3, -0.25) is 9.20 Å². The molecule has 7 heteroatoms. The van der Waals surface area contributed by atoms with Gasteiger partial charge < -0.3 is 5.32 Å². The fourth-order valence-corrected chi connectivity index (χ4v) is 2.71.